The van der Waals surface area contributed by atoms with Crippen molar-refractivity contribution < 1.29 is 4.79 Å². The lowest BCUT2D eigenvalue weighted by atomic mass is 9.87. The van der Waals surface area contributed by atoms with Crippen LogP contribution >= 0.6 is 22.9 Å². The molecule has 0 bridgehead atoms. The third kappa shape index (κ3) is 3.28. The van der Waals surface area contributed by atoms with Crippen molar-refractivity contribution in [1.29, 1.82) is 0 Å². The molecule has 7 nitrogen and oxygen atoms in total. The highest BCUT2D eigenvalue weighted by atomic mass is 32.1. The monoisotopic (exact) mass is 442 g/mol. The summed E-state index contributed by atoms with van der Waals surface area (Å²) in [5.74, 6) is 1.37. The highest BCUT2D eigenvalue weighted by Crippen LogP contribution is 2.43. The second-order valence-corrected chi connectivity index (χ2v) is 10.3. The lowest BCUT2D eigenvalue weighted by molar-refractivity contribution is 0.0752. The van der Waals surface area contributed by atoms with Crippen LogP contribution in [0, 0.1) is 0 Å². The lowest BCUT2D eigenvalue weighted by Gasteiger charge is -2.39. The summed E-state index contributed by atoms with van der Waals surface area (Å²) in [6.07, 6.45) is 7.05. The fourth-order valence-corrected chi connectivity index (χ4v) is 6.49. The van der Waals surface area contributed by atoms with Crippen LogP contribution in [0.4, 0.5) is 5.82 Å². The maximum absolute atomic E-state index is 13.2. The molecule has 0 unspecified atom stereocenters. The zero-order chi connectivity index (χ0) is 20.7. The van der Waals surface area contributed by atoms with Crippen molar-refractivity contribution in [3.05, 3.63) is 28.3 Å². The number of likely N-dealkylation sites (tertiary alicyclic amines) is 1. The molecule has 0 radical (unpaired) electrons. The summed E-state index contributed by atoms with van der Waals surface area (Å²) in [6, 6.07) is 2.07. The largest absolute Gasteiger partial charge is 0.350 e. The average molecular weight is 443 g/mol. The van der Waals surface area contributed by atoms with Gasteiger partial charge < -0.3 is 9.80 Å². The molecule has 1 atom stereocenters. The van der Waals surface area contributed by atoms with E-state index in [4.69, 9.17) is 4.98 Å². The van der Waals surface area contributed by atoms with Gasteiger partial charge in [-0.2, -0.15) is 0 Å². The molecule has 158 valence electrons. The van der Waals surface area contributed by atoms with Crippen molar-refractivity contribution in [1.82, 2.24) is 24.5 Å². The maximum Gasteiger partial charge on any atom is 0.275 e. The van der Waals surface area contributed by atoms with Crippen LogP contribution in [-0.4, -0.2) is 55.5 Å². The number of anilines is 1. The minimum Gasteiger partial charge on any atom is -0.350 e. The molecule has 5 rings (SSSR count). The molecule has 0 N–H and O–H groups in total. The molecule has 3 aromatic rings. The third-order valence-corrected chi connectivity index (χ3v) is 8.45. The minimum absolute atomic E-state index is 0.0386. The number of thiophene rings is 1. The molecule has 30 heavy (non-hydrogen) atoms. The Balaban J connectivity index is 1.40. The first-order chi connectivity index (χ1) is 14.6. The molecule has 2 aliphatic heterocycles. The summed E-state index contributed by atoms with van der Waals surface area (Å²) in [4.78, 5) is 27.8. The molecule has 2 saturated heterocycles. The Kier molecular flexibility index (Phi) is 5.18. The summed E-state index contributed by atoms with van der Waals surface area (Å²) >= 11 is 3.06. The van der Waals surface area contributed by atoms with Crippen molar-refractivity contribution in [3.8, 4) is 0 Å². The molecule has 2 aliphatic rings. The molecule has 0 saturated carbocycles. The standard InChI is InChI=1S/C21H26N6OS2/c1-14(2)17-16(24-25-30-17)20(28)26-9-3-6-21(8-11-26)7-4-10-27(21)19-18-15(5-12-29-18)22-13-23-19/h5,12-14H,3-4,6-11H2,1-2H3/t21-/m1/s1. The van der Waals surface area contributed by atoms with Gasteiger partial charge in [-0.15, -0.1) is 16.4 Å². The Morgan fingerprint density at radius 2 is 1.97 bits per heavy atom. The van der Waals surface area contributed by atoms with Gasteiger partial charge in [0.2, 0.25) is 0 Å². The number of aromatic nitrogens is 4. The number of hydrogen-bond acceptors (Lipinski definition) is 8. The van der Waals surface area contributed by atoms with E-state index in [0.717, 1.165) is 61.5 Å². The van der Waals surface area contributed by atoms with Gasteiger partial charge in [0.1, 0.15) is 12.1 Å². The quantitative estimate of drug-likeness (QED) is 0.601. The van der Waals surface area contributed by atoms with Crippen LogP contribution in [0.25, 0.3) is 10.2 Å². The molecule has 3 aromatic heterocycles. The van der Waals surface area contributed by atoms with Gasteiger partial charge in [-0.1, -0.05) is 18.3 Å². The van der Waals surface area contributed by atoms with Crippen molar-refractivity contribution >= 4 is 44.8 Å². The molecule has 9 heteroatoms. The highest BCUT2D eigenvalue weighted by molar-refractivity contribution is 7.17. The van der Waals surface area contributed by atoms with Crippen LogP contribution in [-0.2, 0) is 0 Å². The van der Waals surface area contributed by atoms with Gasteiger partial charge in [-0.25, -0.2) is 9.97 Å². The van der Waals surface area contributed by atoms with Crippen LogP contribution in [0.3, 0.4) is 0 Å². The molecule has 0 aromatic carbocycles. The van der Waals surface area contributed by atoms with Crippen molar-refractivity contribution in [2.75, 3.05) is 24.5 Å². The lowest BCUT2D eigenvalue weighted by Crippen LogP contribution is -2.45. The summed E-state index contributed by atoms with van der Waals surface area (Å²) in [7, 11) is 0. The smallest absolute Gasteiger partial charge is 0.275 e. The Bertz CT molecular complexity index is 1060. The Labute approximate surface area is 184 Å². The van der Waals surface area contributed by atoms with Gasteiger partial charge in [0.05, 0.1) is 15.1 Å². The zero-order valence-corrected chi connectivity index (χ0v) is 19.0. The number of carbonyl (C=O) groups excluding carboxylic acids is 1. The summed E-state index contributed by atoms with van der Waals surface area (Å²) < 4.78 is 5.22. The number of carbonyl (C=O) groups is 1. The van der Waals surface area contributed by atoms with Crippen molar-refractivity contribution in [2.45, 2.75) is 57.4 Å². The first-order valence-corrected chi connectivity index (χ1v) is 12.3. The molecular weight excluding hydrogens is 416 g/mol. The van der Waals surface area contributed by atoms with Gasteiger partial charge in [0, 0.05) is 25.2 Å². The second kappa shape index (κ2) is 7.85. The number of rotatable bonds is 3. The van der Waals surface area contributed by atoms with Crippen LogP contribution in [0.1, 0.15) is 67.2 Å². The van der Waals surface area contributed by atoms with E-state index in [-0.39, 0.29) is 17.4 Å². The van der Waals surface area contributed by atoms with E-state index in [0.29, 0.717) is 5.69 Å². The predicted octanol–water partition coefficient (Wildman–Crippen LogP) is 4.33. The van der Waals surface area contributed by atoms with E-state index in [1.807, 2.05) is 4.90 Å². The van der Waals surface area contributed by atoms with E-state index in [1.165, 1.54) is 22.7 Å². The fourth-order valence-electron chi connectivity index (χ4n) is 5.01. The number of amides is 1. The molecule has 1 amide bonds. The normalized spacial score (nSPS) is 22.4. The summed E-state index contributed by atoms with van der Waals surface area (Å²) in [5.41, 5.74) is 1.64. The van der Waals surface area contributed by atoms with E-state index < -0.39 is 0 Å². The van der Waals surface area contributed by atoms with E-state index in [2.05, 4.69) is 44.8 Å². The van der Waals surface area contributed by atoms with Gasteiger partial charge in [0.25, 0.3) is 5.91 Å². The summed E-state index contributed by atoms with van der Waals surface area (Å²) in [6.45, 7) is 6.73. The molecule has 5 heterocycles. The third-order valence-electron chi connectivity index (χ3n) is 6.52. The number of hydrogen-bond donors (Lipinski definition) is 0. The van der Waals surface area contributed by atoms with Gasteiger partial charge in [-0.05, 0) is 61.0 Å². The van der Waals surface area contributed by atoms with Gasteiger partial charge in [-0.3, -0.25) is 4.79 Å². The van der Waals surface area contributed by atoms with E-state index in [9.17, 15) is 4.79 Å². The minimum atomic E-state index is 0.0386. The Hall–Kier alpha value is -2.13. The number of nitrogens with zero attached hydrogens (tertiary/aromatic N) is 6. The molecular formula is C21H26N6OS2. The topological polar surface area (TPSA) is 75.1 Å². The van der Waals surface area contributed by atoms with Crippen LogP contribution in [0.2, 0.25) is 0 Å². The average Bonchev–Trinajstić information content (AvgIpc) is 3.45. The predicted molar refractivity (Wildman–Crippen MR) is 120 cm³/mol. The molecule has 0 aliphatic carbocycles. The summed E-state index contributed by atoms with van der Waals surface area (Å²) in [5, 5.41) is 6.26. The SMILES string of the molecule is CC(C)c1snnc1C(=O)N1CCC[C@@]2(CCCN2c2ncnc3ccsc23)CC1. The van der Waals surface area contributed by atoms with Crippen LogP contribution < -0.4 is 4.90 Å². The van der Waals surface area contributed by atoms with E-state index in [1.54, 1.807) is 17.7 Å². The van der Waals surface area contributed by atoms with Crippen molar-refractivity contribution in [3.63, 3.8) is 0 Å². The Morgan fingerprint density at radius 3 is 2.80 bits per heavy atom. The van der Waals surface area contributed by atoms with Gasteiger partial charge in [0.15, 0.2) is 5.69 Å². The maximum atomic E-state index is 13.2. The van der Waals surface area contributed by atoms with Gasteiger partial charge >= 0.3 is 0 Å². The van der Waals surface area contributed by atoms with E-state index >= 15 is 0 Å². The molecule has 1 spiro atoms. The number of fused-ring (bicyclic) bond motifs is 1. The first-order valence-electron chi connectivity index (χ1n) is 10.7. The first kappa shape index (κ1) is 19.8. The van der Waals surface area contributed by atoms with Crippen LogP contribution in [0.5, 0.6) is 0 Å². The fraction of sp³-hybridized carbons (Fsp3) is 0.571. The molecule has 2 fully saturated rings. The Morgan fingerprint density at radius 1 is 1.13 bits per heavy atom. The zero-order valence-electron chi connectivity index (χ0n) is 17.4. The second-order valence-electron chi connectivity index (χ2n) is 8.60. The highest BCUT2D eigenvalue weighted by Gasteiger charge is 2.44. The van der Waals surface area contributed by atoms with Crippen molar-refractivity contribution in [2.24, 2.45) is 0 Å². The van der Waals surface area contributed by atoms with Crippen LogP contribution in [0.15, 0.2) is 17.8 Å².